The second-order valence-corrected chi connectivity index (χ2v) is 5.05. The monoisotopic (exact) mass is 295 g/mol. The second-order valence-electron chi connectivity index (χ2n) is 5.05. The molecule has 5 nitrogen and oxygen atoms in total. The van der Waals surface area contributed by atoms with Crippen molar-refractivity contribution in [3.8, 4) is 11.6 Å². The Bertz CT molecular complexity index is 865. The molecule has 1 aromatic heterocycles. The fourth-order valence-electron chi connectivity index (χ4n) is 2.49. The van der Waals surface area contributed by atoms with Crippen LogP contribution in [0.15, 0.2) is 47.5 Å². The Balaban J connectivity index is 2.11. The lowest BCUT2D eigenvalue weighted by Gasteiger charge is -2.03. The van der Waals surface area contributed by atoms with Crippen LogP contribution in [0.3, 0.4) is 0 Å². The molecular formula is C17H17N3O2. The molecule has 1 heterocycles. The Hall–Kier alpha value is -2.95. The van der Waals surface area contributed by atoms with Crippen molar-refractivity contribution in [1.82, 2.24) is 4.98 Å². The number of hydrogen-bond donors (Lipinski definition) is 3. The molecule has 22 heavy (non-hydrogen) atoms. The minimum absolute atomic E-state index is 0.0877. The topological polar surface area (TPSA) is 83.6 Å². The van der Waals surface area contributed by atoms with E-state index in [9.17, 15) is 5.11 Å². The van der Waals surface area contributed by atoms with Gasteiger partial charge in [0.25, 0.3) is 0 Å². The molecule has 0 radical (unpaired) electrons. The third-order valence-electron chi connectivity index (χ3n) is 3.51. The van der Waals surface area contributed by atoms with Crippen molar-refractivity contribution in [2.45, 2.75) is 6.92 Å². The van der Waals surface area contributed by atoms with Crippen molar-refractivity contribution in [3.63, 3.8) is 0 Å². The summed E-state index contributed by atoms with van der Waals surface area (Å²) >= 11 is 0. The number of ether oxygens (including phenoxy) is 1. The first-order chi connectivity index (χ1) is 10.6. The van der Waals surface area contributed by atoms with Gasteiger partial charge in [-0.25, -0.2) is 0 Å². The number of benzene rings is 2. The minimum Gasteiger partial charge on any atom is -0.497 e. The molecule has 0 aliphatic heterocycles. The zero-order valence-corrected chi connectivity index (χ0v) is 12.4. The Kier molecular flexibility index (Phi) is 3.47. The smallest absolute Gasteiger partial charge is 0.198 e. The van der Waals surface area contributed by atoms with Crippen molar-refractivity contribution in [2.24, 2.45) is 4.99 Å². The molecule has 3 rings (SSSR count). The van der Waals surface area contributed by atoms with Gasteiger partial charge in [-0.1, -0.05) is 6.07 Å². The van der Waals surface area contributed by atoms with E-state index < -0.39 is 0 Å². The van der Waals surface area contributed by atoms with Crippen LogP contribution in [0.5, 0.6) is 11.6 Å². The number of aromatic amines is 1. The van der Waals surface area contributed by atoms with E-state index in [4.69, 9.17) is 10.5 Å². The minimum atomic E-state index is 0.0877. The average Bonchev–Trinajstić information content (AvgIpc) is 2.82. The van der Waals surface area contributed by atoms with Gasteiger partial charge < -0.3 is 20.6 Å². The Morgan fingerprint density at radius 3 is 2.82 bits per heavy atom. The van der Waals surface area contributed by atoms with Crippen LogP contribution in [0.2, 0.25) is 0 Å². The molecular weight excluding hydrogens is 278 g/mol. The molecule has 0 saturated carbocycles. The number of nitrogen functional groups attached to an aromatic ring is 1. The van der Waals surface area contributed by atoms with Crippen LogP contribution in [0, 0.1) is 0 Å². The number of H-pyrrole nitrogens is 1. The molecule has 0 fully saturated rings. The number of hydrogen-bond acceptors (Lipinski definition) is 4. The van der Waals surface area contributed by atoms with E-state index in [1.807, 2.05) is 43.3 Å². The van der Waals surface area contributed by atoms with Gasteiger partial charge >= 0.3 is 0 Å². The van der Waals surface area contributed by atoms with Crippen LogP contribution in [-0.2, 0) is 0 Å². The van der Waals surface area contributed by atoms with Crippen LogP contribution in [0.25, 0.3) is 10.9 Å². The zero-order chi connectivity index (χ0) is 15.7. The first-order valence-corrected chi connectivity index (χ1v) is 6.88. The fourth-order valence-corrected chi connectivity index (χ4v) is 2.49. The van der Waals surface area contributed by atoms with E-state index in [-0.39, 0.29) is 5.88 Å². The summed E-state index contributed by atoms with van der Waals surface area (Å²) < 4.78 is 5.20. The van der Waals surface area contributed by atoms with E-state index >= 15 is 0 Å². The highest BCUT2D eigenvalue weighted by Gasteiger charge is 2.14. The quantitative estimate of drug-likeness (QED) is 0.510. The number of aromatic hydroxyl groups is 1. The maximum absolute atomic E-state index is 10.2. The summed E-state index contributed by atoms with van der Waals surface area (Å²) in [6.45, 7) is 1.85. The first kappa shape index (κ1) is 14.0. The lowest BCUT2D eigenvalue weighted by Crippen LogP contribution is -1.94. The summed E-state index contributed by atoms with van der Waals surface area (Å²) in [7, 11) is 1.62. The molecule has 0 aliphatic rings. The fraction of sp³-hybridized carbons (Fsp3) is 0.118. The zero-order valence-electron chi connectivity index (χ0n) is 12.4. The predicted octanol–water partition coefficient (Wildman–Crippen LogP) is 3.61. The lowest BCUT2D eigenvalue weighted by atomic mass is 10.1. The van der Waals surface area contributed by atoms with Gasteiger partial charge in [0.15, 0.2) is 5.88 Å². The summed E-state index contributed by atoms with van der Waals surface area (Å²) in [5, 5.41) is 11.0. The molecule has 112 valence electrons. The van der Waals surface area contributed by atoms with Crippen molar-refractivity contribution < 1.29 is 9.84 Å². The van der Waals surface area contributed by atoms with Gasteiger partial charge in [-0.2, -0.15) is 0 Å². The SMILES string of the molecule is COc1cccc(N=C(C)c2c(O)[nH]c3ccc(N)cc23)c1. The summed E-state index contributed by atoms with van der Waals surface area (Å²) in [6.07, 6.45) is 0. The van der Waals surface area contributed by atoms with Crippen molar-refractivity contribution in [2.75, 3.05) is 12.8 Å². The molecule has 2 aromatic carbocycles. The van der Waals surface area contributed by atoms with Crippen molar-refractivity contribution in [3.05, 3.63) is 48.0 Å². The van der Waals surface area contributed by atoms with Crippen LogP contribution >= 0.6 is 0 Å². The van der Waals surface area contributed by atoms with Gasteiger partial charge in [0.05, 0.1) is 24.1 Å². The molecule has 0 unspecified atom stereocenters. The molecule has 0 aliphatic carbocycles. The maximum Gasteiger partial charge on any atom is 0.198 e. The Morgan fingerprint density at radius 2 is 2.05 bits per heavy atom. The molecule has 0 atom stereocenters. The largest absolute Gasteiger partial charge is 0.497 e. The summed E-state index contributed by atoms with van der Waals surface area (Å²) in [5.74, 6) is 0.825. The van der Waals surface area contributed by atoms with Crippen molar-refractivity contribution in [1.29, 1.82) is 0 Å². The Labute approximate surface area is 128 Å². The number of nitrogens with two attached hydrogens (primary N) is 1. The number of aliphatic imine (C=N–C) groups is 1. The van der Waals surface area contributed by atoms with Gasteiger partial charge in [0.1, 0.15) is 5.75 Å². The highest BCUT2D eigenvalue weighted by Crippen LogP contribution is 2.30. The van der Waals surface area contributed by atoms with E-state index in [0.29, 0.717) is 17.0 Å². The third-order valence-corrected chi connectivity index (χ3v) is 3.51. The molecule has 5 heteroatoms. The third kappa shape index (κ3) is 2.48. The maximum atomic E-state index is 10.2. The lowest BCUT2D eigenvalue weighted by molar-refractivity contribution is 0.415. The van der Waals surface area contributed by atoms with E-state index in [1.54, 1.807) is 13.2 Å². The Morgan fingerprint density at radius 1 is 1.23 bits per heavy atom. The van der Waals surface area contributed by atoms with Gasteiger partial charge in [0.2, 0.25) is 0 Å². The van der Waals surface area contributed by atoms with E-state index in [1.165, 1.54) is 0 Å². The van der Waals surface area contributed by atoms with Gasteiger partial charge in [-0.15, -0.1) is 0 Å². The average molecular weight is 295 g/mol. The number of anilines is 1. The number of nitrogens with zero attached hydrogens (tertiary/aromatic N) is 1. The van der Waals surface area contributed by atoms with Crippen molar-refractivity contribution >= 4 is 28.0 Å². The number of methoxy groups -OCH3 is 1. The van der Waals surface area contributed by atoms with E-state index in [2.05, 4.69) is 9.98 Å². The summed E-state index contributed by atoms with van der Waals surface area (Å²) in [6, 6.07) is 12.9. The van der Waals surface area contributed by atoms with Gasteiger partial charge in [0, 0.05) is 22.7 Å². The number of aromatic nitrogens is 1. The van der Waals surface area contributed by atoms with Crippen LogP contribution in [0.4, 0.5) is 11.4 Å². The van der Waals surface area contributed by atoms with Gasteiger partial charge in [-0.05, 0) is 37.3 Å². The normalized spacial score (nSPS) is 11.8. The molecule has 0 bridgehead atoms. The predicted molar refractivity (Wildman–Crippen MR) is 89.2 cm³/mol. The molecule has 3 aromatic rings. The number of fused-ring (bicyclic) bond motifs is 1. The second kappa shape index (κ2) is 5.44. The van der Waals surface area contributed by atoms with E-state index in [0.717, 1.165) is 22.3 Å². The van der Waals surface area contributed by atoms with Crippen LogP contribution < -0.4 is 10.5 Å². The molecule has 0 amide bonds. The highest BCUT2D eigenvalue weighted by atomic mass is 16.5. The number of nitrogens with one attached hydrogen (secondary N) is 1. The van der Waals surface area contributed by atoms with Crippen LogP contribution in [-0.4, -0.2) is 22.9 Å². The molecule has 0 spiro atoms. The summed E-state index contributed by atoms with van der Waals surface area (Å²) in [5.41, 5.74) is 9.42. The van der Waals surface area contributed by atoms with Crippen LogP contribution in [0.1, 0.15) is 12.5 Å². The first-order valence-electron chi connectivity index (χ1n) is 6.88. The standard InChI is InChI=1S/C17H17N3O2/c1-10(19-12-4-3-5-13(9-12)22-2)16-14-8-11(18)6-7-15(14)20-17(16)21/h3-9,20-21H,18H2,1-2H3. The molecule has 4 N–H and O–H groups in total. The highest BCUT2D eigenvalue weighted by molar-refractivity contribution is 6.13. The summed E-state index contributed by atoms with van der Waals surface area (Å²) in [4.78, 5) is 7.50. The number of rotatable bonds is 3. The molecule has 0 saturated heterocycles. The van der Waals surface area contributed by atoms with Gasteiger partial charge in [-0.3, -0.25) is 4.99 Å².